The quantitative estimate of drug-likeness (QED) is 0.817. The Morgan fingerprint density at radius 2 is 2.05 bits per heavy atom. The molecule has 19 heavy (non-hydrogen) atoms. The Labute approximate surface area is 113 Å². The van der Waals surface area contributed by atoms with E-state index in [9.17, 15) is 10.4 Å². The number of rotatable bonds is 6. The molecule has 5 nitrogen and oxygen atoms in total. The third-order valence-electron chi connectivity index (χ3n) is 2.80. The van der Waals surface area contributed by atoms with Crippen LogP contribution < -0.4 is 14.8 Å². The van der Waals surface area contributed by atoms with Crippen molar-refractivity contribution in [1.29, 1.82) is 5.26 Å². The Morgan fingerprint density at radius 3 is 2.53 bits per heavy atom. The number of para-hydroxylation sites is 1. The number of aliphatic hydroxyl groups excluding tert-OH is 1. The van der Waals surface area contributed by atoms with Gasteiger partial charge in [0.25, 0.3) is 0 Å². The van der Waals surface area contributed by atoms with Gasteiger partial charge in [-0.3, -0.25) is 5.32 Å². The van der Waals surface area contributed by atoms with E-state index in [1.54, 1.807) is 25.3 Å². The third kappa shape index (κ3) is 3.60. The molecule has 104 valence electrons. The molecule has 1 unspecified atom stereocenters. The van der Waals surface area contributed by atoms with E-state index in [0.717, 1.165) is 0 Å². The lowest BCUT2D eigenvalue weighted by molar-refractivity contribution is 0.182. The van der Waals surface area contributed by atoms with Crippen molar-refractivity contribution in [2.45, 2.75) is 25.4 Å². The summed E-state index contributed by atoms with van der Waals surface area (Å²) >= 11 is 0. The lowest BCUT2D eigenvalue weighted by Crippen LogP contribution is -2.44. The van der Waals surface area contributed by atoms with Crippen LogP contribution in [-0.4, -0.2) is 31.5 Å². The highest BCUT2D eigenvalue weighted by molar-refractivity contribution is 5.49. The molecule has 2 N–H and O–H groups in total. The number of nitrogens with zero attached hydrogens (tertiary/aromatic N) is 1. The molecule has 0 radical (unpaired) electrons. The van der Waals surface area contributed by atoms with Crippen molar-refractivity contribution in [2.24, 2.45) is 0 Å². The number of methoxy groups -OCH3 is 2. The lowest BCUT2D eigenvalue weighted by atomic mass is 10.0. The first-order valence-corrected chi connectivity index (χ1v) is 5.98. The Kier molecular flexibility index (Phi) is 5.16. The van der Waals surface area contributed by atoms with Gasteiger partial charge in [-0.25, -0.2) is 0 Å². The maximum atomic E-state index is 9.33. The van der Waals surface area contributed by atoms with Gasteiger partial charge in [0.05, 0.1) is 26.9 Å². The average Bonchev–Trinajstić information content (AvgIpc) is 2.43. The summed E-state index contributed by atoms with van der Waals surface area (Å²) in [6.45, 7) is 3.57. The predicted octanol–water partition coefficient (Wildman–Crippen LogP) is 1.63. The largest absolute Gasteiger partial charge is 0.493 e. The predicted molar refractivity (Wildman–Crippen MR) is 72.2 cm³/mol. The van der Waals surface area contributed by atoms with Crippen molar-refractivity contribution in [3.05, 3.63) is 23.8 Å². The maximum absolute atomic E-state index is 9.33. The Bertz CT molecular complexity index is 466. The minimum atomic E-state index is -0.591. The van der Waals surface area contributed by atoms with E-state index >= 15 is 0 Å². The van der Waals surface area contributed by atoms with Crippen LogP contribution in [0.2, 0.25) is 0 Å². The Morgan fingerprint density at radius 1 is 1.37 bits per heavy atom. The molecule has 0 aromatic heterocycles. The van der Waals surface area contributed by atoms with Gasteiger partial charge in [-0.1, -0.05) is 12.1 Å². The number of nitriles is 1. The number of hydrogen-bond donors (Lipinski definition) is 2. The van der Waals surface area contributed by atoms with E-state index in [2.05, 4.69) is 11.4 Å². The van der Waals surface area contributed by atoms with Crippen LogP contribution in [0.25, 0.3) is 0 Å². The van der Waals surface area contributed by atoms with Gasteiger partial charge < -0.3 is 14.6 Å². The summed E-state index contributed by atoms with van der Waals surface area (Å²) in [5.74, 6) is 1.10. The molecule has 0 saturated heterocycles. The maximum Gasteiger partial charge on any atom is 0.166 e. The highest BCUT2D eigenvalue weighted by Gasteiger charge is 2.25. The number of aliphatic hydroxyl groups is 1. The second-order valence-electron chi connectivity index (χ2n) is 4.83. The molecule has 0 aliphatic heterocycles. The van der Waals surface area contributed by atoms with Gasteiger partial charge in [0, 0.05) is 11.1 Å². The summed E-state index contributed by atoms with van der Waals surface area (Å²) in [6, 6.07) is 6.96. The first-order chi connectivity index (χ1) is 8.99. The molecular weight excluding hydrogens is 244 g/mol. The van der Waals surface area contributed by atoms with Crippen molar-refractivity contribution < 1.29 is 14.6 Å². The first kappa shape index (κ1) is 15.3. The Balaban J connectivity index is 3.16. The van der Waals surface area contributed by atoms with E-state index in [1.165, 1.54) is 7.11 Å². The average molecular weight is 264 g/mol. The number of benzene rings is 1. The molecule has 1 aromatic carbocycles. The summed E-state index contributed by atoms with van der Waals surface area (Å²) in [5.41, 5.74) is 0.125. The molecule has 0 heterocycles. The van der Waals surface area contributed by atoms with E-state index < -0.39 is 11.6 Å². The molecule has 1 aromatic rings. The summed E-state index contributed by atoms with van der Waals surface area (Å²) in [7, 11) is 3.08. The van der Waals surface area contributed by atoms with Gasteiger partial charge >= 0.3 is 0 Å². The second kappa shape index (κ2) is 6.41. The molecule has 0 spiro atoms. The van der Waals surface area contributed by atoms with Crippen LogP contribution in [0.5, 0.6) is 11.5 Å². The molecule has 1 atom stereocenters. The van der Waals surface area contributed by atoms with Gasteiger partial charge in [-0.15, -0.1) is 0 Å². The van der Waals surface area contributed by atoms with E-state index in [1.807, 2.05) is 13.8 Å². The minimum Gasteiger partial charge on any atom is -0.493 e. The smallest absolute Gasteiger partial charge is 0.166 e. The summed E-state index contributed by atoms with van der Waals surface area (Å²) in [4.78, 5) is 0. The molecule has 0 aliphatic rings. The van der Waals surface area contributed by atoms with Crippen LogP contribution in [-0.2, 0) is 0 Å². The Hall–Kier alpha value is -1.77. The van der Waals surface area contributed by atoms with Gasteiger partial charge in [0.1, 0.15) is 6.04 Å². The molecule has 0 fully saturated rings. The topological polar surface area (TPSA) is 74.5 Å². The fourth-order valence-electron chi connectivity index (χ4n) is 1.76. The van der Waals surface area contributed by atoms with Crippen LogP contribution >= 0.6 is 0 Å². The molecule has 0 aliphatic carbocycles. The number of hydrogen-bond acceptors (Lipinski definition) is 5. The number of nitrogens with one attached hydrogen (secondary N) is 1. The lowest BCUT2D eigenvalue weighted by Gasteiger charge is -2.27. The molecule has 0 amide bonds. The standard InChI is InChI=1S/C14H20N2O3/c1-14(2,9-17)16-11(8-15)10-6-5-7-12(18-3)13(10)19-4/h5-7,11,16-17H,9H2,1-4H3. The van der Waals surface area contributed by atoms with Crippen molar-refractivity contribution in [3.63, 3.8) is 0 Å². The van der Waals surface area contributed by atoms with Crippen molar-refractivity contribution in [2.75, 3.05) is 20.8 Å². The SMILES string of the molecule is COc1cccc(C(C#N)NC(C)(C)CO)c1OC. The van der Waals surface area contributed by atoms with Gasteiger partial charge in [-0.05, 0) is 19.9 Å². The molecule has 1 rings (SSSR count). The fourth-order valence-corrected chi connectivity index (χ4v) is 1.76. The second-order valence-corrected chi connectivity index (χ2v) is 4.83. The van der Waals surface area contributed by atoms with Crippen molar-refractivity contribution in [3.8, 4) is 17.6 Å². The monoisotopic (exact) mass is 264 g/mol. The zero-order valence-corrected chi connectivity index (χ0v) is 11.7. The normalized spacial score (nSPS) is 12.6. The molecule has 0 saturated carbocycles. The van der Waals surface area contributed by atoms with Gasteiger partial charge in [0.15, 0.2) is 11.5 Å². The molecule has 5 heteroatoms. The zero-order chi connectivity index (χ0) is 14.5. The summed E-state index contributed by atoms with van der Waals surface area (Å²) in [5, 5.41) is 21.7. The number of ether oxygens (including phenoxy) is 2. The summed E-state index contributed by atoms with van der Waals surface area (Å²) in [6.07, 6.45) is 0. The zero-order valence-electron chi connectivity index (χ0n) is 11.7. The van der Waals surface area contributed by atoms with Crippen LogP contribution in [0.1, 0.15) is 25.5 Å². The molecular formula is C14H20N2O3. The summed E-state index contributed by atoms with van der Waals surface area (Å²) < 4.78 is 10.5. The highest BCUT2D eigenvalue weighted by atomic mass is 16.5. The third-order valence-corrected chi connectivity index (χ3v) is 2.80. The van der Waals surface area contributed by atoms with Gasteiger partial charge in [-0.2, -0.15) is 5.26 Å². The van der Waals surface area contributed by atoms with E-state index in [0.29, 0.717) is 17.1 Å². The van der Waals surface area contributed by atoms with Crippen LogP contribution in [0, 0.1) is 11.3 Å². The van der Waals surface area contributed by atoms with Crippen molar-refractivity contribution in [1.82, 2.24) is 5.32 Å². The van der Waals surface area contributed by atoms with Crippen LogP contribution in [0.3, 0.4) is 0 Å². The fraction of sp³-hybridized carbons (Fsp3) is 0.500. The first-order valence-electron chi connectivity index (χ1n) is 5.98. The highest BCUT2D eigenvalue weighted by Crippen LogP contribution is 2.34. The van der Waals surface area contributed by atoms with Crippen molar-refractivity contribution >= 4 is 0 Å². The van der Waals surface area contributed by atoms with Gasteiger partial charge in [0.2, 0.25) is 0 Å². The van der Waals surface area contributed by atoms with Crippen LogP contribution in [0.4, 0.5) is 0 Å². The van der Waals surface area contributed by atoms with E-state index in [-0.39, 0.29) is 6.61 Å². The van der Waals surface area contributed by atoms with Crippen LogP contribution in [0.15, 0.2) is 18.2 Å². The van der Waals surface area contributed by atoms with E-state index in [4.69, 9.17) is 9.47 Å². The minimum absolute atomic E-state index is 0.0720. The molecule has 0 bridgehead atoms.